The van der Waals surface area contributed by atoms with E-state index in [1.807, 2.05) is 0 Å². The maximum absolute atomic E-state index is 12.8. The molecule has 1 saturated heterocycles. The van der Waals surface area contributed by atoms with Gasteiger partial charge in [0.1, 0.15) is 17.8 Å². The van der Waals surface area contributed by atoms with Crippen molar-refractivity contribution in [2.45, 2.75) is 45.1 Å². The van der Waals surface area contributed by atoms with Crippen LogP contribution in [0.3, 0.4) is 0 Å². The third-order valence-corrected chi connectivity index (χ3v) is 5.30. The second-order valence-electron chi connectivity index (χ2n) is 7.41. The van der Waals surface area contributed by atoms with Crippen LogP contribution in [0.5, 0.6) is 0 Å². The maximum atomic E-state index is 12.8. The molecule has 9 heteroatoms. The van der Waals surface area contributed by atoms with E-state index in [2.05, 4.69) is 17.6 Å². The minimum absolute atomic E-state index is 0.0314. The number of nitro benzene ring substituents is 1. The summed E-state index contributed by atoms with van der Waals surface area (Å²) < 4.78 is 0. The van der Waals surface area contributed by atoms with Crippen molar-refractivity contribution in [1.29, 1.82) is 0 Å². The zero-order chi connectivity index (χ0) is 19.8. The van der Waals surface area contributed by atoms with Crippen LogP contribution < -0.4 is 10.6 Å². The number of nitrogens with one attached hydrogen (secondary N) is 2. The summed E-state index contributed by atoms with van der Waals surface area (Å²) in [5.41, 5.74) is -0.441. The van der Waals surface area contributed by atoms with E-state index in [1.165, 1.54) is 12.1 Å². The van der Waals surface area contributed by atoms with E-state index in [0.29, 0.717) is 24.3 Å². The van der Waals surface area contributed by atoms with Gasteiger partial charge in [0, 0.05) is 6.07 Å². The highest BCUT2D eigenvalue weighted by atomic mass is 16.6. The molecule has 144 valence electrons. The summed E-state index contributed by atoms with van der Waals surface area (Å²) in [6.45, 7) is 3.33. The molecular weight excluding hydrogens is 352 g/mol. The van der Waals surface area contributed by atoms with Gasteiger partial charge in [-0.1, -0.05) is 13.0 Å². The largest absolute Gasteiger partial charge is 0.325 e. The van der Waals surface area contributed by atoms with Crippen molar-refractivity contribution < 1.29 is 19.3 Å². The standard InChI is InChI=1S/C18H22N4O5/c1-11-5-7-18(8-6-11)16(24)21(17(25)20-18)10-15(23)19-13-4-3-12(2)9-14(13)22(26)27/h3-4,9,11H,5-8,10H2,1-2H3,(H,19,23)(H,20,25). The van der Waals surface area contributed by atoms with E-state index in [4.69, 9.17) is 0 Å². The van der Waals surface area contributed by atoms with E-state index in [1.54, 1.807) is 13.0 Å². The number of aryl methyl sites for hydroxylation is 1. The van der Waals surface area contributed by atoms with Gasteiger partial charge in [-0.3, -0.25) is 24.6 Å². The Morgan fingerprint density at radius 2 is 2.04 bits per heavy atom. The van der Waals surface area contributed by atoms with Crippen molar-refractivity contribution in [1.82, 2.24) is 10.2 Å². The average Bonchev–Trinajstić information content (AvgIpc) is 2.83. The number of benzene rings is 1. The van der Waals surface area contributed by atoms with Crippen molar-refractivity contribution in [3.63, 3.8) is 0 Å². The van der Waals surface area contributed by atoms with E-state index < -0.39 is 34.9 Å². The highest BCUT2D eigenvalue weighted by Crippen LogP contribution is 2.36. The topological polar surface area (TPSA) is 122 Å². The lowest BCUT2D eigenvalue weighted by Gasteiger charge is -2.33. The van der Waals surface area contributed by atoms with Gasteiger partial charge in [0.25, 0.3) is 11.6 Å². The normalized spacial score (nSPS) is 24.8. The first-order chi connectivity index (χ1) is 12.7. The summed E-state index contributed by atoms with van der Waals surface area (Å²) in [5, 5.41) is 16.3. The molecule has 1 aliphatic carbocycles. The first-order valence-electron chi connectivity index (χ1n) is 8.91. The molecule has 0 atom stereocenters. The number of hydrogen-bond acceptors (Lipinski definition) is 5. The molecule has 2 fully saturated rings. The molecule has 1 aromatic rings. The molecule has 1 spiro atoms. The molecule has 1 aromatic carbocycles. The number of carbonyl (C=O) groups is 3. The predicted octanol–water partition coefficient (Wildman–Crippen LogP) is 2.34. The molecular formula is C18H22N4O5. The summed E-state index contributed by atoms with van der Waals surface area (Å²) in [7, 11) is 0. The van der Waals surface area contributed by atoms with Gasteiger partial charge in [0.2, 0.25) is 5.91 Å². The van der Waals surface area contributed by atoms with Crippen molar-refractivity contribution in [2.75, 3.05) is 11.9 Å². The summed E-state index contributed by atoms with van der Waals surface area (Å²) in [4.78, 5) is 48.8. The number of rotatable bonds is 4. The maximum Gasteiger partial charge on any atom is 0.325 e. The molecule has 1 saturated carbocycles. The average molecular weight is 374 g/mol. The van der Waals surface area contributed by atoms with Crippen LogP contribution in [-0.2, 0) is 9.59 Å². The fourth-order valence-electron chi connectivity index (χ4n) is 3.65. The summed E-state index contributed by atoms with van der Waals surface area (Å²) in [6.07, 6.45) is 2.78. The Morgan fingerprint density at radius 3 is 2.67 bits per heavy atom. The fourth-order valence-corrected chi connectivity index (χ4v) is 3.65. The van der Waals surface area contributed by atoms with E-state index in [9.17, 15) is 24.5 Å². The Bertz CT molecular complexity index is 814. The summed E-state index contributed by atoms with van der Waals surface area (Å²) >= 11 is 0. The molecule has 0 aromatic heterocycles. The molecule has 4 amide bonds. The molecule has 0 radical (unpaired) electrons. The lowest BCUT2D eigenvalue weighted by molar-refractivity contribution is -0.384. The van der Waals surface area contributed by atoms with Crippen LogP contribution in [-0.4, -0.2) is 39.8 Å². The van der Waals surface area contributed by atoms with Gasteiger partial charge in [-0.15, -0.1) is 0 Å². The Balaban J connectivity index is 1.71. The Kier molecular flexibility index (Phi) is 4.86. The van der Waals surface area contributed by atoms with Crippen LogP contribution in [0.4, 0.5) is 16.2 Å². The van der Waals surface area contributed by atoms with Crippen LogP contribution in [0.15, 0.2) is 18.2 Å². The second kappa shape index (κ2) is 6.98. The number of amides is 4. The molecule has 1 aliphatic heterocycles. The van der Waals surface area contributed by atoms with Gasteiger partial charge in [-0.05, 0) is 50.2 Å². The Labute approximate surface area is 156 Å². The van der Waals surface area contributed by atoms with E-state index >= 15 is 0 Å². The van der Waals surface area contributed by atoms with Gasteiger partial charge < -0.3 is 10.6 Å². The number of hydrogen-bond donors (Lipinski definition) is 2. The minimum Gasteiger partial charge on any atom is -0.323 e. The molecule has 0 bridgehead atoms. The Morgan fingerprint density at radius 1 is 1.37 bits per heavy atom. The van der Waals surface area contributed by atoms with Crippen LogP contribution >= 0.6 is 0 Å². The van der Waals surface area contributed by atoms with Crippen molar-refractivity contribution in [2.24, 2.45) is 5.92 Å². The predicted molar refractivity (Wildman–Crippen MR) is 97.1 cm³/mol. The smallest absolute Gasteiger partial charge is 0.323 e. The molecule has 2 N–H and O–H groups in total. The number of carbonyl (C=O) groups excluding carboxylic acids is 3. The third kappa shape index (κ3) is 3.62. The van der Waals surface area contributed by atoms with Crippen LogP contribution in [0.25, 0.3) is 0 Å². The highest BCUT2D eigenvalue weighted by molar-refractivity contribution is 6.10. The number of nitro groups is 1. The minimum atomic E-state index is -0.917. The lowest BCUT2D eigenvalue weighted by atomic mass is 9.77. The lowest BCUT2D eigenvalue weighted by Crippen LogP contribution is -2.49. The third-order valence-electron chi connectivity index (χ3n) is 5.30. The molecule has 1 heterocycles. The quantitative estimate of drug-likeness (QED) is 0.476. The van der Waals surface area contributed by atoms with Crippen molar-refractivity contribution >= 4 is 29.2 Å². The second-order valence-corrected chi connectivity index (χ2v) is 7.41. The highest BCUT2D eigenvalue weighted by Gasteiger charge is 2.52. The fraction of sp³-hybridized carbons (Fsp3) is 0.500. The SMILES string of the molecule is Cc1ccc(NC(=O)CN2C(=O)NC3(CCC(C)CC3)C2=O)c([N+](=O)[O-])c1. The molecule has 3 rings (SSSR count). The van der Waals surface area contributed by atoms with Crippen molar-refractivity contribution in [3.05, 3.63) is 33.9 Å². The van der Waals surface area contributed by atoms with Crippen LogP contribution in [0, 0.1) is 23.0 Å². The van der Waals surface area contributed by atoms with Gasteiger partial charge in [0.05, 0.1) is 4.92 Å². The first kappa shape index (κ1) is 18.8. The van der Waals surface area contributed by atoms with Gasteiger partial charge in [-0.2, -0.15) is 0 Å². The number of imide groups is 1. The van der Waals surface area contributed by atoms with Gasteiger partial charge in [0.15, 0.2) is 0 Å². The van der Waals surface area contributed by atoms with Crippen LogP contribution in [0.2, 0.25) is 0 Å². The summed E-state index contributed by atoms with van der Waals surface area (Å²) in [5.74, 6) is -0.556. The zero-order valence-electron chi connectivity index (χ0n) is 15.3. The number of anilines is 1. The van der Waals surface area contributed by atoms with E-state index in [0.717, 1.165) is 17.7 Å². The first-order valence-corrected chi connectivity index (χ1v) is 8.91. The van der Waals surface area contributed by atoms with Crippen molar-refractivity contribution in [3.8, 4) is 0 Å². The zero-order valence-corrected chi connectivity index (χ0v) is 15.3. The number of urea groups is 1. The summed E-state index contributed by atoms with van der Waals surface area (Å²) in [6, 6.07) is 3.82. The Hall–Kier alpha value is -2.97. The van der Waals surface area contributed by atoms with Gasteiger partial charge >= 0.3 is 6.03 Å². The monoisotopic (exact) mass is 374 g/mol. The number of nitrogens with zero attached hydrogens (tertiary/aromatic N) is 2. The molecule has 9 nitrogen and oxygen atoms in total. The molecule has 27 heavy (non-hydrogen) atoms. The van der Waals surface area contributed by atoms with Crippen LogP contribution in [0.1, 0.15) is 38.2 Å². The molecule has 2 aliphatic rings. The molecule has 0 unspecified atom stereocenters. The van der Waals surface area contributed by atoms with E-state index in [-0.39, 0.29) is 11.4 Å². The van der Waals surface area contributed by atoms with Gasteiger partial charge in [-0.25, -0.2) is 4.79 Å².